The second-order valence-electron chi connectivity index (χ2n) is 8.66. The number of ether oxygens (including phenoxy) is 3. The van der Waals surface area contributed by atoms with E-state index in [0.717, 1.165) is 22.6 Å². The molecule has 0 aromatic heterocycles. The molecule has 2 aromatic rings. The molecule has 3 rings (SSSR count). The molecule has 2 amide bonds. The van der Waals surface area contributed by atoms with Gasteiger partial charge >= 0.3 is 0 Å². The molecule has 0 saturated heterocycles. The highest BCUT2D eigenvalue weighted by Crippen LogP contribution is 2.31. The molecule has 7 nitrogen and oxygen atoms in total. The maximum Gasteiger partial charge on any atom is 0.242 e. The number of amides is 2. The van der Waals surface area contributed by atoms with Gasteiger partial charge in [0.05, 0.1) is 7.11 Å². The van der Waals surface area contributed by atoms with E-state index >= 15 is 0 Å². The quantitative estimate of drug-likeness (QED) is 0.594. The summed E-state index contributed by atoms with van der Waals surface area (Å²) >= 11 is 0. The molecule has 2 aromatic carbocycles. The Morgan fingerprint density at radius 2 is 1.67 bits per heavy atom. The fourth-order valence-corrected chi connectivity index (χ4v) is 3.60. The molecule has 0 bridgehead atoms. The summed E-state index contributed by atoms with van der Waals surface area (Å²) in [5.41, 5.74) is 1.93. The van der Waals surface area contributed by atoms with Crippen LogP contribution >= 0.6 is 0 Å². The van der Waals surface area contributed by atoms with E-state index in [2.05, 4.69) is 5.32 Å². The van der Waals surface area contributed by atoms with Gasteiger partial charge in [-0.3, -0.25) is 9.59 Å². The minimum absolute atomic E-state index is 0.0760. The molecule has 178 valence electrons. The van der Waals surface area contributed by atoms with Crippen LogP contribution in [0, 0.1) is 5.92 Å². The smallest absolute Gasteiger partial charge is 0.242 e. The molecular weight excluding hydrogens is 420 g/mol. The number of benzene rings is 2. The number of hydrogen-bond acceptors (Lipinski definition) is 5. The van der Waals surface area contributed by atoms with Crippen LogP contribution < -0.4 is 19.5 Å². The van der Waals surface area contributed by atoms with E-state index in [0.29, 0.717) is 44.4 Å². The van der Waals surface area contributed by atoms with Crippen molar-refractivity contribution >= 4 is 11.8 Å². The van der Waals surface area contributed by atoms with Crippen molar-refractivity contribution in [3.8, 4) is 17.2 Å². The van der Waals surface area contributed by atoms with Crippen LogP contribution in [0.4, 0.5) is 0 Å². The summed E-state index contributed by atoms with van der Waals surface area (Å²) < 4.78 is 16.4. The molecule has 0 aliphatic carbocycles. The average Bonchev–Trinajstić information content (AvgIpc) is 2.84. The molecule has 0 fully saturated rings. The lowest BCUT2D eigenvalue weighted by Crippen LogP contribution is -2.48. The monoisotopic (exact) mass is 454 g/mol. The number of nitrogens with zero attached hydrogens (tertiary/aromatic N) is 1. The third-order valence-corrected chi connectivity index (χ3v) is 5.60. The highest BCUT2D eigenvalue weighted by Gasteiger charge is 2.26. The number of rotatable bonds is 10. The molecule has 1 aliphatic heterocycles. The van der Waals surface area contributed by atoms with Gasteiger partial charge in [0.2, 0.25) is 11.8 Å². The SMILES string of the molecule is COc1ccc(CN(C(=O)CCc2ccc3c(c2)OCCO3)[C@H](C)C(=O)NCC(C)C)cc1. The fourth-order valence-electron chi connectivity index (χ4n) is 3.60. The number of nitrogens with one attached hydrogen (secondary N) is 1. The summed E-state index contributed by atoms with van der Waals surface area (Å²) in [5, 5.41) is 2.95. The van der Waals surface area contributed by atoms with Gasteiger partial charge in [-0.1, -0.05) is 32.0 Å². The van der Waals surface area contributed by atoms with Gasteiger partial charge in [0.15, 0.2) is 11.5 Å². The minimum atomic E-state index is -0.585. The fraction of sp³-hybridized carbons (Fsp3) is 0.462. The first-order valence-corrected chi connectivity index (χ1v) is 11.5. The molecule has 0 unspecified atom stereocenters. The van der Waals surface area contributed by atoms with Gasteiger partial charge in [0.25, 0.3) is 0 Å². The summed E-state index contributed by atoms with van der Waals surface area (Å²) in [6, 6.07) is 12.7. The number of hydrogen-bond donors (Lipinski definition) is 1. The molecule has 7 heteroatoms. The van der Waals surface area contributed by atoms with E-state index in [1.807, 2.05) is 56.3 Å². The predicted octanol–water partition coefficient (Wildman–Crippen LogP) is 3.59. The van der Waals surface area contributed by atoms with Gasteiger partial charge < -0.3 is 24.4 Å². The van der Waals surface area contributed by atoms with Crippen molar-refractivity contribution in [2.75, 3.05) is 26.9 Å². The van der Waals surface area contributed by atoms with E-state index in [1.165, 1.54) is 0 Å². The van der Waals surface area contributed by atoms with E-state index < -0.39 is 6.04 Å². The van der Waals surface area contributed by atoms with Gasteiger partial charge in [0.1, 0.15) is 25.0 Å². The Bertz CT molecular complexity index is 942. The van der Waals surface area contributed by atoms with E-state index in [-0.39, 0.29) is 18.2 Å². The Morgan fingerprint density at radius 3 is 2.33 bits per heavy atom. The minimum Gasteiger partial charge on any atom is -0.497 e. The van der Waals surface area contributed by atoms with Crippen molar-refractivity contribution in [2.24, 2.45) is 5.92 Å². The normalized spacial score (nSPS) is 13.4. The number of aryl methyl sites for hydroxylation is 1. The van der Waals surface area contributed by atoms with Gasteiger partial charge in [-0.2, -0.15) is 0 Å². The zero-order valence-electron chi connectivity index (χ0n) is 19.9. The lowest BCUT2D eigenvalue weighted by atomic mass is 10.1. The second-order valence-corrected chi connectivity index (χ2v) is 8.66. The van der Waals surface area contributed by atoms with Gasteiger partial charge in [-0.25, -0.2) is 0 Å². The second kappa shape index (κ2) is 11.6. The van der Waals surface area contributed by atoms with Gasteiger partial charge in [-0.05, 0) is 54.7 Å². The predicted molar refractivity (Wildman–Crippen MR) is 127 cm³/mol. The summed E-state index contributed by atoms with van der Waals surface area (Å²) in [4.78, 5) is 27.7. The molecule has 0 radical (unpaired) electrons. The first-order chi connectivity index (χ1) is 15.9. The Morgan fingerprint density at radius 1 is 1.00 bits per heavy atom. The lowest BCUT2D eigenvalue weighted by Gasteiger charge is -2.29. The molecule has 1 N–H and O–H groups in total. The number of fused-ring (bicyclic) bond motifs is 1. The highest BCUT2D eigenvalue weighted by molar-refractivity contribution is 5.87. The lowest BCUT2D eigenvalue weighted by molar-refractivity contribution is -0.140. The molecule has 1 atom stereocenters. The van der Waals surface area contributed by atoms with Crippen LogP contribution in [-0.2, 0) is 22.6 Å². The van der Waals surface area contributed by atoms with Crippen LogP contribution in [0.3, 0.4) is 0 Å². The Kier molecular flexibility index (Phi) is 8.58. The van der Waals surface area contributed by atoms with Crippen molar-refractivity contribution in [1.82, 2.24) is 10.2 Å². The molecule has 0 spiro atoms. The summed E-state index contributed by atoms with van der Waals surface area (Å²) in [6.45, 7) is 7.85. The van der Waals surface area contributed by atoms with Crippen LogP contribution in [0.5, 0.6) is 17.2 Å². The topological polar surface area (TPSA) is 77.1 Å². The van der Waals surface area contributed by atoms with Crippen molar-refractivity contribution in [3.63, 3.8) is 0 Å². The number of carbonyl (C=O) groups is 2. The van der Waals surface area contributed by atoms with Crippen LogP contribution in [0.1, 0.15) is 38.3 Å². The van der Waals surface area contributed by atoms with Crippen molar-refractivity contribution in [3.05, 3.63) is 53.6 Å². The average molecular weight is 455 g/mol. The van der Waals surface area contributed by atoms with Gasteiger partial charge in [0, 0.05) is 19.5 Å². The Hall–Kier alpha value is -3.22. The Balaban J connectivity index is 1.70. The first-order valence-electron chi connectivity index (χ1n) is 11.5. The molecule has 0 saturated carbocycles. The first kappa shape index (κ1) is 24.4. The van der Waals surface area contributed by atoms with Crippen LogP contribution in [0.2, 0.25) is 0 Å². The summed E-state index contributed by atoms with van der Waals surface area (Å²) in [5.74, 6) is 2.30. The van der Waals surface area contributed by atoms with E-state index in [1.54, 1.807) is 18.9 Å². The molecular formula is C26H34N2O5. The highest BCUT2D eigenvalue weighted by atomic mass is 16.6. The Labute approximate surface area is 196 Å². The third-order valence-electron chi connectivity index (χ3n) is 5.60. The summed E-state index contributed by atoms with van der Waals surface area (Å²) in [6.07, 6.45) is 0.840. The van der Waals surface area contributed by atoms with Crippen molar-refractivity contribution in [1.29, 1.82) is 0 Å². The zero-order chi connectivity index (χ0) is 23.8. The van der Waals surface area contributed by atoms with Gasteiger partial charge in [-0.15, -0.1) is 0 Å². The standard InChI is InChI=1S/C26H34N2O5/c1-18(2)16-27-26(30)19(3)28(17-21-5-9-22(31-4)10-6-21)25(29)12-8-20-7-11-23-24(15-20)33-14-13-32-23/h5-7,9-11,15,18-19H,8,12-14,16-17H2,1-4H3,(H,27,30)/t19-/m1/s1. The summed E-state index contributed by atoms with van der Waals surface area (Å²) in [7, 11) is 1.61. The van der Waals surface area contributed by atoms with E-state index in [4.69, 9.17) is 14.2 Å². The van der Waals surface area contributed by atoms with Crippen LogP contribution in [-0.4, -0.2) is 49.6 Å². The maximum absolute atomic E-state index is 13.3. The van der Waals surface area contributed by atoms with Crippen LogP contribution in [0.25, 0.3) is 0 Å². The van der Waals surface area contributed by atoms with Crippen molar-refractivity contribution < 1.29 is 23.8 Å². The van der Waals surface area contributed by atoms with E-state index in [9.17, 15) is 9.59 Å². The molecule has 1 heterocycles. The number of carbonyl (C=O) groups excluding carboxylic acids is 2. The molecule has 33 heavy (non-hydrogen) atoms. The largest absolute Gasteiger partial charge is 0.497 e. The number of methoxy groups -OCH3 is 1. The maximum atomic E-state index is 13.3. The van der Waals surface area contributed by atoms with Crippen molar-refractivity contribution in [2.45, 2.75) is 46.2 Å². The molecule has 1 aliphatic rings. The third kappa shape index (κ3) is 6.88. The van der Waals surface area contributed by atoms with Crippen LogP contribution in [0.15, 0.2) is 42.5 Å². The zero-order valence-corrected chi connectivity index (χ0v) is 19.9.